The van der Waals surface area contributed by atoms with Crippen molar-refractivity contribution in [1.82, 2.24) is 0 Å². The summed E-state index contributed by atoms with van der Waals surface area (Å²) in [5.41, 5.74) is 40.5. The van der Waals surface area contributed by atoms with Gasteiger partial charge < -0.3 is 0 Å². The fourth-order valence-electron chi connectivity index (χ4n) is 14.2. The highest BCUT2D eigenvalue weighted by Crippen LogP contribution is 2.44. The summed E-state index contributed by atoms with van der Waals surface area (Å²) >= 11 is 17.5. The first-order valence-corrected chi connectivity index (χ1v) is 31.5. The van der Waals surface area contributed by atoms with E-state index in [2.05, 4.69) is 245 Å². The van der Waals surface area contributed by atoms with Gasteiger partial charge in [0.25, 0.3) is 0 Å². The molecule has 0 spiro atoms. The van der Waals surface area contributed by atoms with E-state index in [9.17, 15) is 0 Å². The number of fused-ring (bicyclic) bond motifs is 12. The minimum atomic E-state index is 0.892. The summed E-state index contributed by atoms with van der Waals surface area (Å²) in [6.45, 7) is 0. The largest absolute Gasteiger partial charge is 0.179 e. The molecule has 0 saturated heterocycles. The Morgan fingerprint density at radius 2 is 0.475 bits per heavy atom. The van der Waals surface area contributed by atoms with Crippen molar-refractivity contribution in [2.45, 2.75) is 77.0 Å². The highest BCUT2D eigenvalue weighted by molar-refractivity contribution is 7.80. The minimum Gasteiger partial charge on any atom is -0.179 e. The van der Waals surface area contributed by atoms with E-state index in [1.165, 1.54) is 156 Å². The van der Waals surface area contributed by atoms with Crippen molar-refractivity contribution in [2.24, 2.45) is 0 Å². The van der Waals surface area contributed by atoms with Crippen LogP contribution in [0.4, 0.5) is 0 Å². The van der Waals surface area contributed by atoms with Gasteiger partial charge >= 0.3 is 0 Å². The van der Waals surface area contributed by atoms with Crippen LogP contribution in [0.1, 0.15) is 111 Å². The average Bonchev–Trinajstić information content (AvgIpc) is 4.36. The number of aryl methyl sites for hydroxylation is 2. The van der Waals surface area contributed by atoms with Crippen molar-refractivity contribution in [2.75, 3.05) is 23.0 Å². The van der Waals surface area contributed by atoms with Crippen LogP contribution >= 0.6 is 50.5 Å². The number of thiol groups is 4. The van der Waals surface area contributed by atoms with Gasteiger partial charge in [0, 0.05) is 0 Å². The minimum absolute atomic E-state index is 0.892. The third kappa shape index (κ3) is 10.2. The second-order valence-electron chi connectivity index (χ2n) is 22.4. The molecule has 80 heavy (non-hydrogen) atoms. The molecule has 0 unspecified atom stereocenters. The molecule has 0 heterocycles. The Bertz CT molecular complexity index is 3500. The second kappa shape index (κ2) is 23.6. The molecule has 0 radical (unpaired) electrons. The Balaban J connectivity index is 0.000000289. The molecule has 4 aliphatic rings. The molecule has 0 saturated carbocycles. The van der Waals surface area contributed by atoms with E-state index in [1.807, 2.05) is 0 Å². The fraction of sp³-hybridized carbons (Fsp3) is 0.211. The van der Waals surface area contributed by atoms with E-state index >= 15 is 0 Å². The Hall–Kier alpha value is -6.40. The monoisotopic (exact) mass is 1110 g/mol. The van der Waals surface area contributed by atoms with Crippen LogP contribution in [0.5, 0.6) is 0 Å². The van der Waals surface area contributed by atoms with Gasteiger partial charge in [0.15, 0.2) is 0 Å². The number of hydrogen-bond donors (Lipinski definition) is 4. The smallest absolute Gasteiger partial charge is 0.00106 e. The van der Waals surface area contributed by atoms with Crippen LogP contribution in [-0.2, 0) is 77.0 Å². The average molecular weight is 1110 g/mol. The molecule has 0 fully saturated rings. The molecule has 0 bridgehead atoms. The maximum absolute atomic E-state index is 4.40. The highest BCUT2D eigenvalue weighted by Gasteiger charge is 2.27. The van der Waals surface area contributed by atoms with Gasteiger partial charge in [-0.1, -0.05) is 194 Å². The topological polar surface area (TPSA) is 0 Å². The Morgan fingerprint density at radius 1 is 0.225 bits per heavy atom. The van der Waals surface area contributed by atoms with Crippen molar-refractivity contribution in [3.05, 3.63) is 305 Å². The lowest BCUT2D eigenvalue weighted by Gasteiger charge is -2.21. The Kier molecular flexibility index (Phi) is 15.6. The third-order valence-electron chi connectivity index (χ3n) is 17.9. The quantitative estimate of drug-likeness (QED) is 0.0681. The van der Waals surface area contributed by atoms with Gasteiger partial charge in [0.2, 0.25) is 0 Å². The molecule has 10 aromatic rings. The molecule has 0 aliphatic heterocycles. The number of hydrogen-bond acceptors (Lipinski definition) is 4. The Labute approximate surface area is 496 Å². The molecule has 396 valence electrons. The summed E-state index contributed by atoms with van der Waals surface area (Å²) in [4.78, 5) is 0. The van der Waals surface area contributed by atoms with Gasteiger partial charge in [-0.2, -0.15) is 50.5 Å². The summed E-state index contributed by atoms with van der Waals surface area (Å²) in [7, 11) is 0. The summed E-state index contributed by atoms with van der Waals surface area (Å²) in [6, 6.07) is 74.1. The summed E-state index contributed by atoms with van der Waals surface area (Å²) in [5.74, 6) is 3.57. The maximum Gasteiger partial charge on any atom is -0.00106 e. The van der Waals surface area contributed by atoms with Gasteiger partial charge in [-0.3, -0.25) is 0 Å². The molecular weight excluding hydrogens is 1040 g/mol. The van der Waals surface area contributed by atoms with Crippen LogP contribution in [-0.4, -0.2) is 23.0 Å². The lowest BCUT2D eigenvalue weighted by Crippen LogP contribution is -2.08. The lowest BCUT2D eigenvalue weighted by molar-refractivity contribution is 0.962. The predicted molar refractivity (Wildman–Crippen MR) is 353 cm³/mol. The second-order valence-corrected chi connectivity index (χ2v) is 24.2. The van der Waals surface area contributed by atoms with Crippen molar-refractivity contribution >= 4 is 50.5 Å². The van der Waals surface area contributed by atoms with Gasteiger partial charge in [-0.05, 0) is 256 Å². The zero-order valence-corrected chi connectivity index (χ0v) is 49.2. The normalized spacial score (nSPS) is 12.7. The van der Waals surface area contributed by atoms with Gasteiger partial charge in [0.1, 0.15) is 0 Å². The molecule has 0 aromatic heterocycles. The van der Waals surface area contributed by atoms with Crippen molar-refractivity contribution in [3.63, 3.8) is 0 Å². The summed E-state index contributed by atoms with van der Waals surface area (Å²) in [5, 5.41) is 0. The summed E-state index contributed by atoms with van der Waals surface area (Å²) in [6.07, 6.45) is 11.8. The first-order chi connectivity index (χ1) is 39.5. The first kappa shape index (κ1) is 52.9. The number of benzene rings is 10. The maximum atomic E-state index is 4.40. The first-order valence-electron chi connectivity index (χ1n) is 28.9. The van der Waals surface area contributed by atoms with Gasteiger partial charge in [-0.15, -0.1) is 0 Å². The van der Waals surface area contributed by atoms with Crippen molar-refractivity contribution in [1.29, 1.82) is 0 Å². The molecular formula is C76H68S4. The lowest BCUT2D eigenvalue weighted by atomic mass is 9.83. The summed E-state index contributed by atoms with van der Waals surface area (Å²) < 4.78 is 0. The molecule has 0 nitrogen and oxygen atoms in total. The van der Waals surface area contributed by atoms with E-state index in [1.54, 1.807) is 0 Å². The zero-order chi connectivity index (χ0) is 54.1. The molecule has 0 N–H and O–H groups in total. The standard InChI is InChI=1S/C62H46.C14H22S4/c1-5-21-51-43(13-1)35-59-39(17-9-25-55(51)59)29-47-33-49(31-41-19-11-27-57-53-23-7-3-15-45(53)37-61(41)57)50(32-42-20-12-28-58-54-24-8-4-16-46(54)38-62(42)58)34-48(47)30-40-18-10-26-56-52-22-6-2-14-44(52)36-60(40)56;15-7-3-11-1-2-12(4-8-16)14(6-10-18)13(11)5-9-17/h1-28,33-34H,29-32,35-38H2;1-2,15-18H,3-10H2. The van der Waals surface area contributed by atoms with E-state index in [-0.39, 0.29) is 0 Å². The zero-order valence-electron chi connectivity index (χ0n) is 45.6. The van der Waals surface area contributed by atoms with Gasteiger partial charge in [0.05, 0.1) is 0 Å². The SMILES string of the molecule is SCCc1ccc(CCS)c(CCS)c1CCS.c1ccc2c(c1)Cc1c(Cc3cc(Cc4cccc5c4Cc4ccccc4-5)c(Cc4cccc5c4Cc4ccccc4-5)cc3Cc3cccc4c3Cc3ccccc3-4)cccc1-2. The number of rotatable bonds is 16. The van der Waals surface area contributed by atoms with Crippen LogP contribution in [0.25, 0.3) is 44.5 Å². The van der Waals surface area contributed by atoms with E-state index in [0.717, 1.165) is 100 Å². The fourth-order valence-corrected chi connectivity index (χ4v) is 15.1. The van der Waals surface area contributed by atoms with E-state index in [4.69, 9.17) is 0 Å². The van der Waals surface area contributed by atoms with Crippen LogP contribution < -0.4 is 0 Å². The molecule has 0 amide bonds. The molecule has 4 heteroatoms. The molecule has 0 atom stereocenters. The highest BCUT2D eigenvalue weighted by atomic mass is 32.1. The Morgan fingerprint density at radius 3 is 0.738 bits per heavy atom. The predicted octanol–water partition coefficient (Wildman–Crippen LogP) is 17.9. The van der Waals surface area contributed by atoms with Crippen molar-refractivity contribution in [3.8, 4) is 44.5 Å². The molecule has 4 aliphatic carbocycles. The van der Waals surface area contributed by atoms with Crippen LogP contribution in [0.3, 0.4) is 0 Å². The van der Waals surface area contributed by atoms with E-state index in [0.29, 0.717) is 0 Å². The molecule has 14 rings (SSSR count). The van der Waals surface area contributed by atoms with Crippen LogP contribution in [0.15, 0.2) is 194 Å². The third-order valence-corrected chi connectivity index (χ3v) is 18.8. The van der Waals surface area contributed by atoms with Crippen LogP contribution in [0, 0.1) is 0 Å². The van der Waals surface area contributed by atoms with Crippen molar-refractivity contribution < 1.29 is 0 Å². The molecule has 10 aromatic carbocycles. The van der Waals surface area contributed by atoms with Gasteiger partial charge in [-0.25, -0.2) is 0 Å². The van der Waals surface area contributed by atoms with Crippen LogP contribution in [0.2, 0.25) is 0 Å². The van der Waals surface area contributed by atoms with E-state index < -0.39 is 0 Å².